The molecule has 1 N–H and O–H groups in total. The molecule has 0 aliphatic carbocycles. The van der Waals surface area contributed by atoms with Gasteiger partial charge >= 0.3 is 0 Å². The van der Waals surface area contributed by atoms with Gasteiger partial charge in [0.2, 0.25) is 11.8 Å². The number of anilines is 1. The van der Waals surface area contributed by atoms with Crippen LogP contribution in [-0.4, -0.2) is 76.6 Å². The lowest BCUT2D eigenvalue weighted by Gasteiger charge is -2.39. The molecule has 222 valence electrons. The first kappa shape index (κ1) is 30.0. The number of aliphatic hydroxyl groups excluding tert-OH is 1. The van der Waals surface area contributed by atoms with Gasteiger partial charge in [0.05, 0.1) is 41.3 Å². The minimum Gasteiger partial charge on any atom is -0.394 e. The number of aliphatic hydroxyl groups is 1. The van der Waals surface area contributed by atoms with E-state index in [0.717, 1.165) is 6.42 Å². The average Bonchev–Trinajstić information content (AvgIpc) is 3.64. The van der Waals surface area contributed by atoms with E-state index in [2.05, 4.69) is 13.2 Å². The molecule has 1 spiro atoms. The fraction of sp³-hybridized carbons (Fsp3) is 0.424. The number of nitrogens with zero attached hydrogens (tertiary/aromatic N) is 3. The van der Waals surface area contributed by atoms with Crippen molar-refractivity contribution >= 4 is 35.0 Å². The fourth-order valence-electron chi connectivity index (χ4n) is 7.20. The predicted octanol–water partition coefficient (Wildman–Crippen LogP) is 4.39. The van der Waals surface area contributed by atoms with Crippen LogP contribution in [0.1, 0.15) is 37.8 Å². The first-order valence-corrected chi connectivity index (χ1v) is 14.9. The number of hydrogen-bond acceptors (Lipinski definition) is 5. The van der Waals surface area contributed by atoms with Crippen LogP contribution in [0.2, 0.25) is 5.02 Å². The van der Waals surface area contributed by atoms with Crippen LogP contribution in [0.4, 0.5) is 5.69 Å². The van der Waals surface area contributed by atoms with Crippen LogP contribution in [0.5, 0.6) is 0 Å². The van der Waals surface area contributed by atoms with Crippen LogP contribution >= 0.6 is 11.6 Å². The number of likely N-dealkylation sites (tertiary alicyclic amines) is 1. The summed E-state index contributed by atoms with van der Waals surface area (Å²) in [7, 11) is 0. The Morgan fingerprint density at radius 2 is 1.81 bits per heavy atom. The molecule has 2 bridgehead atoms. The molecule has 3 aliphatic rings. The number of amides is 3. The summed E-state index contributed by atoms with van der Waals surface area (Å²) in [5, 5.41) is 11.1. The number of benzene rings is 2. The number of carbonyl (C=O) groups is 3. The van der Waals surface area contributed by atoms with Gasteiger partial charge in [-0.1, -0.05) is 73.1 Å². The van der Waals surface area contributed by atoms with E-state index in [0.29, 0.717) is 42.2 Å². The molecule has 9 heteroatoms. The SMILES string of the molecule is C=CCN(CCC)C(=O)[C@@H]1[C@H]2C(=O)N([C@H](CO)c3ccccc3)C(C(=O)N(CC=C)c3ccccc3Cl)C23CC[C@H]1O3. The molecule has 3 heterocycles. The quantitative estimate of drug-likeness (QED) is 0.370. The Morgan fingerprint density at radius 1 is 1.12 bits per heavy atom. The molecule has 2 unspecified atom stereocenters. The van der Waals surface area contributed by atoms with Gasteiger partial charge in [-0.05, 0) is 37.0 Å². The highest BCUT2D eigenvalue weighted by atomic mass is 35.5. The molecular weight excluding hydrogens is 554 g/mol. The van der Waals surface area contributed by atoms with Gasteiger partial charge < -0.3 is 24.5 Å². The average molecular weight is 592 g/mol. The van der Waals surface area contributed by atoms with Crippen molar-refractivity contribution in [3.8, 4) is 0 Å². The Hall–Kier alpha value is -3.46. The Labute approximate surface area is 252 Å². The maximum atomic E-state index is 14.8. The number of rotatable bonds is 12. The van der Waals surface area contributed by atoms with Crippen molar-refractivity contribution in [1.82, 2.24) is 9.80 Å². The maximum Gasteiger partial charge on any atom is 0.253 e. The van der Waals surface area contributed by atoms with E-state index in [1.165, 1.54) is 9.80 Å². The van der Waals surface area contributed by atoms with E-state index < -0.39 is 48.1 Å². The number of ether oxygens (including phenoxy) is 1. The molecule has 3 fully saturated rings. The standard InChI is InChI=1S/C33H38ClN3O5/c1-4-18-35(19-5-2)30(39)27-26-16-17-33(42-26)28(27)31(40)37(25(21-38)22-12-8-7-9-13-22)29(33)32(41)36(20-6-3)24-15-11-10-14-23(24)34/h4,6-15,25-29,38H,1,3,5,16-21H2,2H3/t25-,26-,27+,28+,29?,33?/m1/s1. The van der Waals surface area contributed by atoms with Crippen LogP contribution in [-0.2, 0) is 19.1 Å². The summed E-state index contributed by atoms with van der Waals surface area (Å²) in [5.74, 6) is -2.51. The van der Waals surface area contributed by atoms with Gasteiger partial charge in [0.1, 0.15) is 11.6 Å². The third kappa shape index (κ3) is 4.85. The Morgan fingerprint density at radius 3 is 2.45 bits per heavy atom. The van der Waals surface area contributed by atoms with Gasteiger partial charge in [0.25, 0.3) is 5.91 Å². The maximum absolute atomic E-state index is 14.8. The van der Waals surface area contributed by atoms with E-state index in [-0.39, 0.29) is 18.4 Å². The monoisotopic (exact) mass is 591 g/mol. The number of halogens is 1. The van der Waals surface area contributed by atoms with Crippen molar-refractivity contribution in [1.29, 1.82) is 0 Å². The molecule has 3 saturated heterocycles. The van der Waals surface area contributed by atoms with Crippen LogP contribution < -0.4 is 4.90 Å². The minimum absolute atomic E-state index is 0.145. The molecule has 2 aromatic rings. The van der Waals surface area contributed by atoms with Gasteiger partial charge in [-0.2, -0.15) is 0 Å². The number of carbonyl (C=O) groups excluding carboxylic acids is 3. The van der Waals surface area contributed by atoms with E-state index >= 15 is 0 Å². The summed E-state index contributed by atoms with van der Waals surface area (Å²) in [4.78, 5) is 48.2. The highest BCUT2D eigenvalue weighted by molar-refractivity contribution is 6.34. The highest BCUT2D eigenvalue weighted by Crippen LogP contribution is 2.60. The first-order chi connectivity index (χ1) is 20.3. The normalized spacial score (nSPS) is 26.5. The van der Waals surface area contributed by atoms with E-state index in [4.69, 9.17) is 16.3 Å². The number of hydrogen-bond donors (Lipinski definition) is 1. The lowest BCUT2D eigenvalue weighted by molar-refractivity contribution is -0.147. The summed E-state index contributed by atoms with van der Waals surface area (Å²) in [6, 6.07) is 14.3. The molecule has 3 amide bonds. The van der Waals surface area contributed by atoms with Gasteiger partial charge in [0.15, 0.2) is 0 Å². The van der Waals surface area contributed by atoms with Crippen molar-refractivity contribution < 1.29 is 24.2 Å². The topological polar surface area (TPSA) is 90.4 Å². The Balaban J connectivity index is 1.64. The summed E-state index contributed by atoms with van der Waals surface area (Å²) in [5.41, 5.74) is -0.0576. The summed E-state index contributed by atoms with van der Waals surface area (Å²) in [6.45, 7) is 10.3. The second-order valence-electron chi connectivity index (χ2n) is 11.2. The van der Waals surface area contributed by atoms with Gasteiger partial charge in [-0.25, -0.2) is 0 Å². The number of fused-ring (bicyclic) bond motifs is 1. The molecule has 0 radical (unpaired) electrons. The Bertz CT molecular complexity index is 1350. The number of para-hydroxylation sites is 1. The third-order valence-corrected chi connectivity index (χ3v) is 9.15. The zero-order valence-corrected chi connectivity index (χ0v) is 24.7. The van der Waals surface area contributed by atoms with Crippen molar-refractivity contribution in [3.05, 3.63) is 90.5 Å². The lowest BCUT2D eigenvalue weighted by atomic mass is 9.70. The fourth-order valence-corrected chi connectivity index (χ4v) is 7.44. The Kier molecular flexibility index (Phi) is 8.87. The molecule has 3 aliphatic heterocycles. The summed E-state index contributed by atoms with van der Waals surface area (Å²) >= 11 is 6.57. The zero-order valence-electron chi connectivity index (χ0n) is 23.9. The molecule has 0 saturated carbocycles. The molecule has 8 nitrogen and oxygen atoms in total. The molecule has 6 atom stereocenters. The van der Waals surface area contributed by atoms with E-state index in [9.17, 15) is 19.5 Å². The van der Waals surface area contributed by atoms with Crippen LogP contribution in [0.15, 0.2) is 79.9 Å². The zero-order chi connectivity index (χ0) is 30.0. The minimum atomic E-state index is -1.23. The van der Waals surface area contributed by atoms with Crippen LogP contribution in [0.3, 0.4) is 0 Å². The van der Waals surface area contributed by atoms with Crippen molar-refractivity contribution in [3.63, 3.8) is 0 Å². The second-order valence-corrected chi connectivity index (χ2v) is 11.6. The van der Waals surface area contributed by atoms with E-state index in [1.54, 1.807) is 41.3 Å². The summed E-state index contributed by atoms with van der Waals surface area (Å²) in [6.07, 6.45) is 4.55. The van der Waals surface area contributed by atoms with Crippen molar-refractivity contribution in [2.75, 3.05) is 31.1 Å². The van der Waals surface area contributed by atoms with Crippen LogP contribution in [0, 0.1) is 11.8 Å². The second kappa shape index (κ2) is 12.4. The van der Waals surface area contributed by atoms with Gasteiger partial charge in [-0.15, -0.1) is 13.2 Å². The largest absolute Gasteiger partial charge is 0.394 e. The lowest BCUT2D eigenvalue weighted by Crippen LogP contribution is -2.57. The van der Waals surface area contributed by atoms with Crippen molar-refractivity contribution in [2.45, 2.75) is 50.0 Å². The molecule has 0 aromatic heterocycles. The van der Waals surface area contributed by atoms with Crippen molar-refractivity contribution in [2.24, 2.45) is 11.8 Å². The molecular formula is C33H38ClN3O5. The van der Waals surface area contributed by atoms with Gasteiger partial charge in [0, 0.05) is 19.6 Å². The highest BCUT2D eigenvalue weighted by Gasteiger charge is 2.75. The van der Waals surface area contributed by atoms with Gasteiger partial charge in [-0.3, -0.25) is 14.4 Å². The smallest absolute Gasteiger partial charge is 0.253 e. The predicted molar refractivity (Wildman–Crippen MR) is 162 cm³/mol. The summed E-state index contributed by atoms with van der Waals surface area (Å²) < 4.78 is 6.66. The third-order valence-electron chi connectivity index (χ3n) is 8.83. The first-order valence-electron chi connectivity index (χ1n) is 14.6. The van der Waals surface area contributed by atoms with Crippen LogP contribution in [0.25, 0.3) is 0 Å². The molecule has 2 aromatic carbocycles. The molecule has 42 heavy (non-hydrogen) atoms. The van der Waals surface area contributed by atoms with E-state index in [1.807, 2.05) is 37.3 Å². The molecule has 5 rings (SSSR count).